The lowest BCUT2D eigenvalue weighted by atomic mass is 10.0. The van der Waals surface area contributed by atoms with E-state index in [1.54, 1.807) is 24.3 Å². The molecule has 0 radical (unpaired) electrons. The van der Waals surface area contributed by atoms with Crippen LogP contribution in [0.3, 0.4) is 0 Å². The molecule has 0 bridgehead atoms. The van der Waals surface area contributed by atoms with E-state index in [0.717, 1.165) is 89.9 Å². The zero-order chi connectivity index (χ0) is 42.7. The Labute approximate surface area is 355 Å². The molecule has 332 valence electrons. The van der Waals surface area contributed by atoms with Gasteiger partial charge in [-0.25, -0.2) is 4.98 Å². The number of benzene rings is 2. The van der Waals surface area contributed by atoms with Crippen molar-refractivity contribution in [1.29, 1.82) is 0 Å². The van der Waals surface area contributed by atoms with Crippen LogP contribution in [0, 0.1) is 0 Å². The molecule has 0 saturated carbocycles. The number of ether oxygens (including phenoxy) is 2. The lowest BCUT2D eigenvalue weighted by Crippen LogP contribution is -2.13. The van der Waals surface area contributed by atoms with Crippen LogP contribution in [0.2, 0.25) is 5.28 Å². The molecule has 59 heavy (non-hydrogen) atoms. The van der Waals surface area contributed by atoms with Gasteiger partial charge in [-0.05, 0) is 113 Å². The van der Waals surface area contributed by atoms with Crippen molar-refractivity contribution in [2.75, 3.05) is 26.4 Å². The maximum absolute atomic E-state index is 10.8. The number of phenolic OH excluding ortho intramolecular Hbond substituents is 2. The van der Waals surface area contributed by atoms with E-state index in [1.807, 2.05) is 0 Å². The minimum Gasteiger partial charge on any atom is -0.507 e. The van der Waals surface area contributed by atoms with Crippen molar-refractivity contribution in [2.45, 2.75) is 166 Å². The number of nitrogens with zero attached hydrogens (tertiary/aromatic N) is 3. The highest BCUT2D eigenvalue weighted by Crippen LogP contribution is 2.35. The van der Waals surface area contributed by atoms with Crippen molar-refractivity contribution in [2.24, 2.45) is 0 Å². The van der Waals surface area contributed by atoms with Gasteiger partial charge in [-0.1, -0.05) is 64.2 Å². The molecule has 0 aliphatic rings. The van der Waals surface area contributed by atoms with Gasteiger partial charge in [-0.2, -0.15) is 9.97 Å². The van der Waals surface area contributed by atoms with E-state index in [2.05, 4.69) is 15.0 Å². The molecule has 4 atom stereocenters. The van der Waals surface area contributed by atoms with Crippen molar-refractivity contribution in [3.05, 3.63) is 41.7 Å². The predicted octanol–water partition coefficient (Wildman–Crippen LogP) is 8.04. The number of aromatic hydroxyl groups is 2. The van der Waals surface area contributed by atoms with Gasteiger partial charge in [0.2, 0.25) is 5.28 Å². The Balaban J connectivity index is 1.33. The van der Waals surface area contributed by atoms with Gasteiger partial charge < -0.3 is 50.3 Å². The smallest absolute Gasteiger partial charge is 0.226 e. The summed E-state index contributed by atoms with van der Waals surface area (Å²) in [5.41, 5.74) is 0.676. The summed E-state index contributed by atoms with van der Waals surface area (Å²) < 4.78 is 11.7. The van der Waals surface area contributed by atoms with Crippen LogP contribution in [-0.4, -0.2) is 107 Å². The highest BCUT2D eigenvalue weighted by atomic mass is 35.5. The molecule has 1 heterocycles. The molecule has 0 fully saturated rings. The van der Waals surface area contributed by atoms with E-state index >= 15 is 0 Å². The second kappa shape index (κ2) is 29.8. The number of rotatable bonds is 34. The van der Waals surface area contributed by atoms with Crippen LogP contribution in [0.25, 0.3) is 22.8 Å². The highest BCUT2D eigenvalue weighted by Gasteiger charge is 2.17. The van der Waals surface area contributed by atoms with Gasteiger partial charge in [-0.3, -0.25) is 0 Å². The number of hydrogen-bond donors (Lipinski definition) is 8. The molecular weight excluding hydrogens is 778 g/mol. The second-order valence-corrected chi connectivity index (χ2v) is 16.0. The van der Waals surface area contributed by atoms with Crippen LogP contribution >= 0.6 is 11.6 Å². The molecule has 13 nitrogen and oxygen atoms in total. The summed E-state index contributed by atoms with van der Waals surface area (Å²) in [7, 11) is 0. The van der Waals surface area contributed by atoms with Crippen molar-refractivity contribution >= 4 is 11.6 Å². The van der Waals surface area contributed by atoms with Crippen molar-refractivity contribution in [3.8, 4) is 45.8 Å². The standard InChI is InChI=1S/C45H70ClN3O10/c46-45-48-43(39-25-23-37(31-41(39)56)58-29-11-7-3-1-5-9-15-33(52)19-21-35(54)17-13-27-50)47-44(49-45)40-26-24-38(32-42(40)57)59-30-12-8-4-2-6-10-16-34(53)20-22-36(55)18-14-28-51/h23-26,31-36,50-57H,1-22,27-30H2. The van der Waals surface area contributed by atoms with Crippen LogP contribution in [0.4, 0.5) is 0 Å². The van der Waals surface area contributed by atoms with Crippen molar-refractivity contribution < 1.29 is 50.3 Å². The van der Waals surface area contributed by atoms with Crippen LogP contribution in [0.15, 0.2) is 36.4 Å². The maximum Gasteiger partial charge on any atom is 0.226 e. The summed E-state index contributed by atoms with van der Waals surface area (Å²) in [6, 6.07) is 9.81. The van der Waals surface area contributed by atoms with Gasteiger partial charge in [0.25, 0.3) is 0 Å². The lowest BCUT2D eigenvalue weighted by Gasteiger charge is -2.14. The SMILES string of the molecule is OCCCC(O)CCC(O)CCCCCCCCOc1ccc(-c2nc(Cl)nc(-c3ccc(OCCCCCCCCC(O)CCC(O)CCCO)cc3O)n2)c(O)c1. The van der Waals surface area contributed by atoms with E-state index in [4.69, 9.17) is 31.3 Å². The van der Waals surface area contributed by atoms with Crippen LogP contribution in [0.1, 0.15) is 141 Å². The summed E-state index contributed by atoms with van der Waals surface area (Å²) >= 11 is 6.27. The molecule has 0 aliphatic heterocycles. The molecule has 4 unspecified atom stereocenters. The number of aliphatic hydroxyl groups is 6. The first-order chi connectivity index (χ1) is 28.6. The monoisotopic (exact) mass is 847 g/mol. The molecule has 8 N–H and O–H groups in total. The van der Waals surface area contributed by atoms with E-state index in [-0.39, 0.29) is 41.6 Å². The molecular formula is C45H70ClN3O10. The van der Waals surface area contributed by atoms with E-state index in [0.29, 0.717) is 87.2 Å². The lowest BCUT2D eigenvalue weighted by molar-refractivity contribution is 0.0977. The molecule has 0 aliphatic carbocycles. The predicted molar refractivity (Wildman–Crippen MR) is 230 cm³/mol. The minimum atomic E-state index is -0.455. The molecule has 0 spiro atoms. The number of unbranched alkanes of at least 4 members (excludes halogenated alkanes) is 10. The van der Waals surface area contributed by atoms with Crippen LogP contribution in [-0.2, 0) is 0 Å². The molecule has 0 saturated heterocycles. The van der Waals surface area contributed by atoms with Crippen molar-refractivity contribution in [1.82, 2.24) is 15.0 Å². The van der Waals surface area contributed by atoms with E-state index < -0.39 is 24.4 Å². The van der Waals surface area contributed by atoms with Crippen LogP contribution in [0.5, 0.6) is 23.0 Å². The van der Waals surface area contributed by atoms with Gasteiger partial charge >= 0.3 is 0 Å². The Morgan fingerprint density at radius 2 is 0.780 bits per heavy atom. The van der Waals surface area contributed by atoms with E-state index in [1.165, 1.54) is 12.1 Å². The molecule has 14 heteroatoms. The molecule has 2 aromatic carbocycles. The highest BCUT2D eigenvalue weighted by molar-refractivity contribution is 6.28. The Morgan fingerprint density at radius 3 is 1.14 bits per heavy atom. The molecule has 3 aromatic rings. The summed E-state index contributed by atoms with van der Waals surface area (Å²) in [4.78, 5) is 12.9. The zero-order valence-corrected chi connectivity index (χ0v) is 35.5. The average Bonchev–Trinajstić information content (AvgIpc) is 3.22. The topological polar surface area (TPSA) is 219 Å². The number of aliphatic hydroxyl groups excluding tert-OH is 6. The second-order valence-electron chi connectivity index (χ2n) is 15.6. The first-order valence-corrected chi connectivity index (χ1v) is 22.2. The first kappa shape index (κ1) is 50.1. The summed E-state index contributed by atoms with van der Waals surface area (Å²) in [6.45, 7) is 1.17. The molecule has 3 rings (SSSR count). The zero-order valence-electron chi connectivity index (χ0n) is 34.8. The van der Waals surface area contributed by atoms with Gasteiger partial charge in [-0.15, -0.1) is 0 Å². The summed E-state index contributed by atoms with van der Waals surface area (Å²) in [5.74, 6) is 1.16. The van der Waals surface area contributed by atoms with Crippen molar-refractivity contribution in [3.63, 3.8) is 0 Å². The largest absolute Gasteiger partial charge is 0.507 e. The summed E-state index contributed by atoms with van der Waals surface area (Å²) in [5, 5.41) is 79.3. The molecule has 0 amide bonds. The Bertz CT molecular complexity index is 1460. The average molecular weight is 849 g/mol. The number of hydrogen-bond acceptors (Lipinski definition) is 13. The molecule has 1 aromatic heterocycles. The van der Waals surface area contributed by atoms with Crippen LogP contribution < -0.4 is 9.47 Å². The third-order valence-electron chi connectivity index (χ3n) is 10.5. The Kier molecular flexibility index (Phi) is 25.3. The van der Waals surface area contributed by atoms with E-state index in [9.17, 15) is 30.6 Å². The fraction of sp³-hybridized carbons (Fsp3) is 0.667. The fourth-order valence-corrected chi connectivity index (χ4v) is 7.09. The third kappa shape index (κ3) is 21.2. The first-order valence-electron chi connectivity index (χ1n) is 21.9. The maximum atomic E-state index is 10.8. The quantitative estimate of drug-likeness (QED) is 0.0267. The Morgan fingerprint density at radius 1 is 0.441 bits per heavy atom. The van der Waals surface area contributed by atoms with Gasteiger partial charge in [0.15, 0.2) is 11.6 Å². The minimum absolute atomic E-state index is 0.0790. The summed E-state index contributed by atoms with van der Waals surface area (Å²) in [6.07, 6.45) is 16.4. The van der Waals surface area contributed by atoms with Gasteiger partial charge in [0.05, 0.1) is 48.8 Å². The third-order valence-corrected chi connectivity index (χ3v) is 10.7. The number of phenols is 2. The number of halogens is 1. The fourth-order valence-electron chi connectivity index (χ4n) is 6.93. The van der Waals surface area contributed by atoms with Gasteiger partial charge in [0, 0.05) is 25.3 Å². The normalized spacial score (nSPS) is 13.6. The Hall–Kier alpha value is -3.30. The van der Waals surface area contributed by atoms with Gasteiger partial charge in [0.1, 0.15) is 23.0 Å². The number of aromatic nitrogens is 3.